The van der Waals surface area contributed by atoms with Crippen LogP contribution in [0.3, 0.4) is 0 Å². The number of hydrogen-bond donors (Lipinski definition) is 1. The van der Waals surface area contributed by atoms with Crippen LogP contribution in [-0.4, -0.2) is 33.0 Å². The minimum Gasteiger partial charge on any atom is -0.348 e. The molecular weight excluding hydrogens is 260 g/mol. The molecule has 0 aliphatic rings. The molecule has 1 heterocycles. The van der Waals surface area contributed by atoms with Crippen molar-refractivity contribution < 1.29 is 4.79 Å². The van der Waals surface area contributed by atoms with Gasteiger partial charge in [0.1, 0.15) is 12.7 Å². The molecule has 1 atom stereocenters. The van der Waals surface area contributed by atoms with Crippen LogP contribution in [0, 0.1) is 0 Å². The van der Waals surface area contributed by atoms with Gasteiger partial charge in [-0.3, -0.25) is 9.48 Å². The molecule has 0 unspecified atom stereocenters. The number of aromatic nitrogens is 3. The Morgan fingerprint density at radius 3 is 2.74 bits per heavy atom. The Bertz CT molecular complexity index is 524. The van der Waals surface area contributed by atoms with Gasteiger partial charge in [-0.25, -0.2) is 4.98 Å². The van der Waals surface area contributed by atoms with Crippen LogP contribution in [-0.2, 0) is 6.54 Å². The average Bonchev–Trinajstić information content (AvgIpc) is 2.91. The van der Waals surface area contributed by atoms with E-state index in [2.05, 4.69) is 15.4 Å². The van der Waals surface area contributed by atoms with Crippen molar-refractivity contribution >= 4 is 17.7 Å². The van der Waals surface area contributed by atoms with E-state index in [1.54, 1.807) is 22.8 Å². The van der Waals surface area contributed by atoms with Crippen molar-refractivity contribution in [2.45, 2.75) is 24.4 Å². The van der Waals surface area contributed by atoms with Crippen LogP contribution in [0.1, 0.15) is 17.3 Å². The molecule has 100 valence electrons. The lowest BCUT2D eigenvalue weighted by molar-refractivity contribution is 0.0936. The van der Waals surface area contributed by atoms with Crippen LogP contribution in [0.4, 0.5) is 0 Å². The number of carbonyl (C=O) groups is 1. The van der Waals surface area contributed by atoms with Gasteiger partial charge in [0.05, 0.1) is 6.54 Å². The Morgan fingerprint density at radius 1 is 1.42 bits per heavy atom. The summed E-state index contributed by atoms with van der Waals surface area (Å²) in [5.74, 6) is -0.0692. The van der Waals surface area contributed by atoms with Gasteiger partial charge in [-0.05, 0) is 37.4 Å². The summed E-state index contributed by atoms with van der Waals surface area (Å²) in [6.45, 7) is 2.55. The van der Waals surface area contributed by atoms with E-state index in [-0.39, 0.29) is 11.9 Å². The summed E-state index contributed by atoms with van der Waals surface area (Å²) >= 11 is 1.66. The Kier molecular flexibility index (Phi) is 4.57. The number of hydrogen-bond acceptors (Lipinski definition) is 4. The first-order valence-corrected chi connectivity index (χ1v) is 7.19. The lowest BCUT2D eigenvalue weighted by Gasteiger charge is -2.13. The minimum absolute atomic E-state index is 0.00516. The highest BCUT2D eigenvalue weighted by Crippen LogP contribution is 2.14. The predicted octanol–water partition coefficient (Wildman–Crippen LogP) is 1.82. The van der Waals surface area contributed by atoms with Crippen molar-refractivity contribution in [1.82, 2.24) is 20.1 Å². The number of rotatable bonds is 5. The molecule has 1 N–H and O–H groups in total. The first-order chi connectivity index (χ1) is 9.19. The largest absolute Gasteiger partial charge is 0.348 e. The first-order valence-electron chi connectivity index (χ1n) is 5.96. The van der Waals surface area contributed by atoms with Crippen molar-refractivity contribution in [2.24, 2.45) is 0 Å². The van der Waals surface area contributed by atoms with Crippen molar-refractivity contribution in [1.29, 1.82) is 0 Å². The maximum atomic E-state index is 12.0. The van der Waals surface area contributed by atoms with Gasteiger partial charge in [-0.2, -0.15) is 5.10 Å². The summed E-state index contributed by atoms with van der Waals surface area (Å²) in [5.41, 5.74) is 0.670. The molecule has 0 bridgehead atoms. The quantitative estimate of drug-likeness (QED) is 0.846. The monoisotopic (exact) mass is 276 g/mol. The summed E-state index contributed by atoms with van der Waals surface area (Å²) in [6.07, 6.45) is 5.13. The number of thioether (sulfide) groups is 1. The Labute approximate surface area is 116 Å². The van der Waals surface area contributed by atoms with E-state index >= 15 is 0 Å². The number of nitrogens with zero attached hydrogens (tertiary/aromatic N) is 3. The zero-order valence-electron chi connectivity index (χ0n) is 10.9. The number of benzene rings is 1. The zero-order chi connectivity index (χ0) is 13.7. The Balaban J connectivity index is 1.92. The van der Waals surface area contributed by atoms with Crippen molar-refractivity contribution in [2.75, 3.05) is 6.26 Å². The molecule has 1 aromatic carbocycles. The molecule has 19 heavy (non-hydrogen) atoms. The molecule has 0 saturated heterocycles. The molecule has 1 amide bonds. The predicted molar refractivity (Wildman–Crippen MR) is 75.2 cm³/mol. The first kappa shape index (κ1) is 13.6. The van der Waals surface area contributed by atoms with Gasteiger partial charge in [-0.1, -0.05) is 0 Å². The smallest absolute Gasteiger partial charge is 0.251 e. The summed E-state index contributed by atoms with van der Waals surface area (Å²) in [4.78, 5) is 17.0. The fourth-order valence-electron chi connectivity index (χ4n) is 1.70. The molecule has 0 aliphatic carbocycles. The maximum Gasteiger partial charge on any atom is 0.251 e. The molecule has 0 spiro atoms. The third kappa shape index (κ3) is 3.82. The second-order valence-corrected chi connectivity index (χ2v) is 5.10. The van der Waals surface area contributed by atoms with Gasteiger partial charge in [0.15, 0.2) is 0 Å². The minimum atomic E-state index is -0.0692. The highest BCUT2D eigenvalue weighted by Gasteiger charge is 2.10. The van der Waals surface area contributed by atoms with Gasteiger partial charge in [0.25, 0.3) is 5.91 Å². The highest BCUT2D eigenvalue weighted by molar-refractivity contribution is 7.98. The number of amides is 1. The number of nitrogens with one attached hydrogen (secondary N) is 1. The second kappa shape index (κ2) is 6.38. The molecule has 0 radical (unpaired) electrons. The van der Waals surface area contributed by atoms with Crippen LogP contribution >= 0.6 is 11.8 Å². The summed E-state index contributed by atoms with van der Waals surface area (Å²) in [7, 11) is 0. The van der Waals surface area contributed by atoms with E-state index < -0.39 is 0 Å². The maximum absolute atomic E-state index is 12.0. The highest BCUT2D eigenvalue weighted by atomic mass is 32.2. The van der Waals surface area contributed by atoms with Gasteiger partial charge < -0.3 is 5.32 Å². The lowest BCUT2D eigenvalue weighted by atomic mass is 10.2. The van der Waals surface area contributed by atoms with E-state index in [0.717, 1.165) is 4.90 Å². The topological polar surface area (TPSA) is 59.8 Å². The normalized spacial score (nSPS) is 12.1. The number of carbonyl (C=O) groups excluding carboxylic acids is 1. The van der Waals surface area contributed by atoms with Crippen LogP contribution in [0.2, 0.25) is 0 Å². The summed E-state index contributed by atoms with van der Waals surface area (Å²) < 4.78 is 1.70. The molecule has 0 fully saturated rings. The molecule has 2 aromatic rings. The van der Waals surface area contributed by atoms with Gasteiger partial charge in [0, 0.05) is 16.5 Å². The van der Waals surface area contributed by atoms with Gasteiger partial charge in [-0.15, -0.1) is 11.8 Å². The zero-order valence-corrected chi connectivity index (χ0v) is 11.7. The molecular formula is C13H16N4OS. The summed E-state index contributed by atoms with van der Waals surface area (Å²) in [5, 5.41) is 6.95. The van der Waals surface area contributed by atoms with Gasteiger partial charge in [0.2, 0.25) is 0 Å². The molecule has 0 saturated carbocycles. The summed E-state index contributed by atoms with van der Waals surface area (Å²) in [6, 6.07) is 7.56. The van der Waals surface area contributed by atoms with Crippen molar-refractivity contribution in [3.05, 3.63) is 42.5 Å². The van der Waals surface area contributed by atoms with Crippen LogP contribution < -0.4 is 5.32 Å². The van der Waals surface area contributed by atoms with E-state index in [1.807, 2.05) is 37.4 Å². The van der Waals surface area contributed by atoms with Crippen LogP contribution in [0.25, 0.3) is 0 Å². The molecule has 1 aromatic heterocycles. The molecule has 6 heteroatoms. The van der Waals surface area contributed by atoms with Crippen molar-refractivity contribution in [3.8, 4) is 0 Å². The Morgan fingerprint density at radius 2 is 2.16 bits per heavy atom. The third-order valence-electron chi connectivity index (χ3n) is 2.66. The SMILES string of the molecule is CSc1ccc(C(=O)N[C@H](C)Cn2cncn2)cc1. The fraction of sp³-hybridized carbons (Fsp3) is 0.308. The van der Waals surface area contributed by atoms with Crippen molar-refractivity contribution in [3.63, 3.8) is 0 Å². The molecule has 2 rings (SSSR count). The van der Waals surface area contributed by atoms with E-state index in [9.17, 15) is 4.79 Å². The second-order valence-electron chi connectivity index (χ2n) is 4.22. The van der Waals surface area contributed by atoms with Crippen LogP contribution in [0.5, 0.6) is 0 Å². The molecule has 5 nitrogen and oxygen atoms in total. The van der Waals surface area contributed by atoms with E-state index in [4.69, 9.17) is 0 Å². The van der Waals surface area contributed by atoms with E-state index in [0.29, 0.717) is 12.1 Å². The van der Waals surface area contributed by atoms with E-state index in [1.165, 1.54) is 6.33 Å². The lowest BCUT2D eigenvalue weighted by Crippen LogP contribution is -2.35. The fourth-order valence-corrected chi connectivity index (χ4v) is 2.11. The Hall–Kier alpha value is -1.82. The van der Waals surface area contributed by atoms with Gasteiger partial charge >= 0.3 is 0 Å². The average molecular weight is 276 g/mol. The molecule has 0 aliphatic heterocycles. The standard InChI is InChI=1S/C13H16N4OS/c1-10(7-17-9-14-8-15-17)16-13(18)11-3-5-12(19-2)6-4-11/h3-6,8-10H,7H2,1-2H3,(H,16,18)/t10-/m1/s1. The van der Waals surface area contributed by atoms with Crippen LogP contribution in [0.15, 0.2) is 41.8 Å². The third-order valence-corrected chi connectivity index (χ3v) is 3.40.